The second kappa shape index (κ2) is 6.62. The highest BCUT2D eigenvalue weighted by atomic mass is 32.2. The highest BCUT2D eigenvalue weighted by molar-refractivity contribution is 7.98. The van der Waals surface area contributed by atoms with Gasteiger partial charge >= 0.3 is 0 Å². The minimum absolute atomic E-state index is 0.214. The van der Waals surface area contributed by atoms with Crippen molar-refractivity contribution in [1.29, 1.82) is 0 Å². The van der Waals surface area contributed by atoms with E-state index in [0.717, 1.165) is 29.7 Å². The molecule has 0 aliphatic rings. The molecule has 0 aliphatic carbocycles. The summed E-state index contributed by atoms with van der Waals surface area (Å²) in [6.07, 6.45) is 1.30. The van der Waals surface area contributed by atoms with Crippen molar-refractivity contribution in [3.05, 3.63) is 64.3 Å². The molecule has 0 fully saturated rings. The molecule has 0 bridgehead atoms. The number of alkyl halides is 2. The van der Waals surface area contributed by atoms with Crippen LogP contribution in [-0.4, -0.2) is 29.7 Å². The number of nitrogens with one attached hydrogen (secondary N) is 2. The van der Waals surface area contributed by atoms with Crippen molar-refractivity contribution in [3.63, 3.8) is 0 Å². The molecule has 27 heavy (non-hydrogen) atoms. The fraction of sp³-hybridized carbons (Fsp3) is 0.176. The zero-order valence-electron chi connectivity index (χ0n) is 14.1. The van der Waals surface area contributed by atoms with E-state index in [1.165, 1.54) is 23.0 Å². The molecule has 138 valence electrons. The standard InChI is InChI=1S/C17H14F2N6OS/c1-17(18,19)13-6-7-20-16(23-13)27-9-10-8-14(26)25(24-10)15-21-11-4-2-3-5-12(11)22-15/h2-8,24H,9H2,1H3,(H,21,22). The molecule has 4 aromatic rings. The van der Waals surface area contributed by atoms with E-state index in [-0.39, 0.29) is 16.4 Å². The van der Waals surface area contributed by atoms with E-state index in [1.807, 2.05) is 24.3 Å². The van der Waals surface area contributed by atoms with Crippen molar-refractivity contribution in [1.82, 2.24) is 29.7 Å². The highest BCUT2D eigenvalue weighted by Crippen LogP contribution is 2.27. The minimum Gasteiger partial charge on any atom is -0.322 e. The first-order valence-electron chi connectivity index (χ1n) is 8.00. The van der Waals surface area contributed by atoms with Gasteiger partial charge in [-0.1, -0.05) is 23.9 Å². The lowest BCUT2D eigenvalue weighted by molar-refractivity contribution is 0.0119. The van der Waals surface area contributed by atoms with Crippen LogP contribution in [0.5, 0.6) is 0 Å². The Morgan fingerprint density at radius 3 is 2.81 bits per heavy atom. The van der Waals surface area contributed by atoms with Gasteiger partial charge in [-0.2, -0.15) is 13.5 Å². The number of benzene rings is 1. The summed E-state index contributed by atoms with van der Waals surface area (Å²) in [6.45, 7) is 0.786. The van der Waals surface area contributed by atoms with Crippen LogP contribution in [0.2, 0.25) is 0 Å². The molecule has 0 radical (unpaired) electrons. The zero-order chi connectivity index (χ0) is 19.0. The third-order valence-electron chi connectivity index (χ3n) is 3.80. The average Bonchev–Trinajstić information content (AvgIpc) is 3.22. The Labute approximate surface area is 155 Å². The number of para-hydroxylation sites is 2. The molecule has 0 aliphatic heterocycles. The number of hydrogen-bond acceptors (Lipinski definition) is 5. The Morgan fingerprint density at radius 2 is 2.04 bits per heavy atom. The van der Waals surface area contributed by atoms with Gasteiger partial charge in [-0.15, -0.1) is 0 Å². The van der Waals surface area contributed by atoms with Gasteiger partial charge in [0, 0.05) is 30.6 Å². The molecule has 7 nitrogen and oxygen atoms in total. The Hall–Kier alpha value is -3.01. The Morgan fingerprint density at radius 1 is 1.22 bits per heavy atom. The van der Waals surface area contributed by atoms with Crippen LogP contribution in [0.3, 0.4) is 0 Å². The maximum atomic E-state index is 13.4. The van der Waals surface area contributed by atoms with Gasteiger partial charge in [0.2, 0.25) is 5.95 Å². The maximum Gasteiger partial charge on any atom is 0.287 e. The molecule has 3 aromatic heterocycles. The van der Waals surface area contributed by atoms with Gasteiger partial charge < -0.3 is 4.98 Å². The van der Waals surface area contributed by atoms with Crippen LogP contribution >= 0.6 is 11.8 Å². The number of aromatic nitrogens is 6. The monoisotopic (exact) mass is 388 g/mol. The summed E-state index contributed by atoms with van der Waals surface area (Å²) in [6, 6.07) is 10.1. The molecule has 0 unspecified atom stereocenters. The lowest BCUT2D eigenvalue weighted by Crippen LogP contribution is -2.14. The van der Waals surface area contributed by atoms with Gasteiger partial charge in [-0.05, 0) is 18.2 Å². The molecular weight excluding hydrogens is 374 g/mol. The van der Waals surface area contributed by atoms with E-state index in [9.17, 15) is 13.6 Å². The summed E-state index contributed by atoms with van der Waals surface area (Å²) in [5.74, 6) is -2.33. The summed E-state index contributed by atoms with van der Waals surface area (Å²) in [4.78, 5) is 27.5. The number of aromatic amines is 2. The first kappa shape index (κ1) is 17.4. The number of imidazole rings is 1. The zero-order valence-corrected chi connectivity index (χ0v) is 14.9. The van der Waals surface area contributed by atoms with Crippen LogP contribution in [0.4, 0.5) is 8.78 Å². The van der Waals surface area contributed by atoms with Crippen molar-refractivity contribution in [2.24, 2.45) is 0 Å². The number of nitrogens with zero attached hydrogens (tertiary/aromatic N) is 4. The summed E-state index contributed by atoms with van der Waals surface area (Å²) in [5.41, 5.74) is 1.54. The lowest BCUT2D eigenvalue weighted by atomic mass is 10.3. The molecule has 0 atom stereocenters. The number of hydrogen-bond donors (Lipinski definition) is 2. The molecule has 10 heteroatoms. The second-order valence-electron chi connectivity index (χ2n) is 5.93. The van der Waals surface area contributed by atoms with Crippen LogP contribution < -0.4 is 5.56 Å². The number of H-pyrrole nitrogens is 2. The molecule has 1 aromatic carbocycles. The van der Waals surface area contributed by atoms with Crippen molar-refractivity contribution in [3.8, 4) is 5.95 Å². The lowest BCUT2D eigenvalue weighted by Gasteiger charge is -2.09. The van der Waals surface area contributed by atoms with E-state index in [0.29, 0.717) is 17.4 Å². The van der Waals surface area contributed by atoms with E-state index >= 15 is 0 Å². The van der Waals surface area contributed by atoms with Gasteiger partial charge in [-0.3, -0.25) is 9.89 Å². The fourth-order valence-electron chi connectivity index (χ4n) is 2.52. The second-order valence-corrected chi connectivity index (χ2v) is 6.88. The van der Waals surface area contributed by atoms with Gasteiger partial charge in [0.1, 0.15) is 5.69 Å². The van der Waals surface area contributed by atoms with Crippen LogP contribution in [0, 0.1) is 0 Å². The first-order chi connectivity index (χ1) is 12.9. The van der Waals surface area contributed by atoms with Crippen molar-refractivity contribution >= 4 is 22.8 Å². The Bertz CT molecular complexity index is 1130. The molecule has 0 amide bonds. The molecule has 2 N–H and O–H groups in total. The quantitative estimate of drug-likeness (QED) is 0.404. The van der Waals surface area contributed by atoms with Gasteiger partial charge in [0.15, 0.2) is 5.16 Å². The van der Waals surface area contributed by atoms with Crippen molar-refractivity contribution < 1.29 is 8.78 Å². The van der Waals surface area contributed by atoms with E-state index in [4.69, 9.17) is 0 Å². The van der Waals surface area contributed by atoms with Crippen LogP contribution in [0.15, 0.2) is 52.5 Å². The largest absolute Gasteiger partial charge is 0.322 e. The SMILES string of the molecule is CC(F)(F)c1ccnc(SCc2cc(=O)n(-c3nc4ccccc4[nH]3)[nH]2)n1. The molecular formula is C17H14F2N6OS. The summed E-state index contributed by atoms with van der Waals surface area (Å²) >= 11 is 1.16. The third-order valence-corrected chi connectivity index (χ3v) is 4.71. The topological polar surface area (TPSA) is 92.2 Å². The molecule has 3 heterocycles. The van der Waals surface area contributed by atoms with Gasteiger partial charge in [0.25, 0.3) is 11.5 Å². The summed E-state index contributed by atoms with van der Waals surface area (Å²) in [7, 11) is 0. The van der Waals surface area contributed by atoms with Crippen LogP contribution in [0.1, 0.15) is 18.3 Å². The average molecular weight is 388 g/mol. The normalized spacial score (nSPS) is 12.0. The number of fused-ring (bicyclic) bond motifs is 1. The molecule has 0 saturated heterocycles. The van der Waals surface area contributed by atoms with E-state index in [1.54, 1.807) is 0 Å². The van der Waals surface area contributed by atoms with Gasteiger partial charge in [0.05, 0.1) is 11.0 Å². The highest BCUT2D eigenvalue weighted by Gasteiger charge is 2.26. The fourth-order valence-corrected chi connectivity index (χ4v) is 3.25. The third kappa shape index (κ3) is 3.61. The van der Waals surface area contributed by atoms with E-state index in [2.05, 4.69) is 25.0 Å². The number of rotatable bonds is 5. The maximum absolute atomic E-state index is 13.4. The predicted octanol–water partition coefficient (Wildman–Crippen LogP) is 3.24. The molecule has 0 spiro atoms. The van der Waals surface area contributed by atoms with Crippen LogP contribution in [0.25, 0.3) is 17.0 Å². The molecule has 4 rings (SSSR count). The first-order valence-corrected chi connectivity index (χ1v) is 8.99. The number of thioether (sulfide) groups is 1. The van der Waals surface area contributed by atoms with Gasteiger partial charge in [-0.25, -0.2) is 15.0 Å². The Balaban J connectivity index is 1.55. The van der Waals surface area contributed by atoms with Crippen molar-refractivity contribution in [2.75, 3.05) is 0 Å². The van der Waals surface area contributed by atoms with Crippen LogP contribution in [-0.2, 0) is 11.7 Å². The smallest absolute Gasteiger partial charge is 0.287 e. The minimum atomic E-state index is -3.03. The van der Waals surface area contributed by atoms with E-state index < -0.39 is 5.92 Å². The summed E-state index contributed by atoms with van der Waals surface area (Å²) < 4.78 is 28.0. The predicted molar refractivity (Wildman–Crippen MR) is 97.2 cm³/mol. The molecule has 0 saturated carbocycles. The van der Waals surface area contributed by atoms with Crippen molar-refractivity contribution in [2.45, 2.75) is 23.8 Å². The number of halogens is 2. The summed E-state index contributed by atoms with van der Waals surface area (Å²) in [5, 5.41) is 3.17. The Kier molecular flexibility index (Phi) is 4.27.